The van der Waals surface area contributed by atoms with Crippen LogP contribution in [0.15, 0.2) is 34.2 Å². The van der Waals surface area contributed by atoms with E-state index >= 15 is 0 Å². The highest BCUT2D eigenvalue weighted by atomic mass is 32.2. The van der Waals surface area contributed by atoms with Crippen LogP contribution in [0.25, 0.3) is 10.9 Å². The molecule has 148 valence electrons. The molecule has 0 bridgehead atoms. The molecule has 1 fully saturated rings. The highest BCUT2D eigenvalue weighted by Crippen LogP contribution is 2.25. The number of nitrogens with one attached hydrogen (secondary N) is 1. The van der Waals surface area contributed by atoms with Crippen LogP contribution >= 0.6 is 0 Å². The van der Waals surface area contributed by atoms with Crippen LogP contribution in [0.2, 0.25) is 0 Å². The molecule has 28 heavy (non-hydrogen) atoms. The van der Waals surface area contributed by atoms with Crippen LogP contribution in [-0.4, -0.2) is 58.7 Å². The van der Waals surface area contributed by atoms with Gasteiger partial charge in [0.2, 0.25) is 10.0 Å². The summed E-state index contributed by atoms with van der Waals surface area (Å²) in [6.45, 7) is 5.30. The summed E-state index contributed by atoms with van der Waals surface area (Å²) in [5.74, 6) is 0. The molecule has 3 heterocycles. The minimum absolute atomic E-state index is 0.0849. The van der Waals surface area contributed by atoms with E-state index in [0.29, 0.717) is 48.5 Å². The van der Waals surface area contributed by atoms with Gasteiger partial charge in [-0.25, -0.2) is 13.4 Å². The third kappa shape index (κ3) is 2.98. The Kier molecular flexibility index (Phi) is 4.47. The Morgan fingerprint density at radius 3 is 2.46 bits per heavy atom. The zero-order valence-electron chi connectivity index (χ0n) is 16.0. The number of aryl methyl sites for hydroxylation is 3. The van der Waals surface area contributed by atoms with Crippen molar-refractivity contribution in [2.24, 2.45) is 7.05 Å². The second-order valence-corrected chi connectivity index (χ2v) is 8.89. The van der Waals surface area contributed by atoms with Crippen LogP contribution in [0.5, 0.6) is 0 Å². The number of fused-ring (bicyclic) bond motifs is 1. The smallest absolute Gasteiger partial charge is 0.260 e. The van der Waals surface area contributed by atoms with Crippen LogP contribution in [0.4, 0.5) is 5.69 Å². The van der Waals surface area contributed by atoms with E-state index in [1.54, 1.807) is 27.0 Å². The number of aromatic amines is 1. The maximum absolute atomic E-state index is 13.0. The number of hydrogen-bond acceptors (Lipinski definition) is 6. The van der Waals surface area contributed by atoms with E-state index in [0.717, 1.165) is 5.69 Å². The molecule has 4 rings (SSSR count). The van der Waals surface area contributed by atoms with Crippen molar-refractivity contribution in [3.05, 3.63) is 46.3 Å². The summed E-state index contributed by atoms with van der Waals surface area (Å²) in [7, 11) is -1.90. The molecule has 0 saturated carbocycles. The molecule has 2 aromatic heterocycles. The second-order valence-electron chi connectivity index (χ2n) is 7.02. The Hall–Kier alpha value is -2.72. The maximum Gasteiger partial charge on any atom is 0.260 e. The molecule has 1 aromatic carbocycles. The number of anilines is 1. The maximum atomic E-state index is 13.0. The minimum Gasteiger partial charge on any atom is -0.369 e. The summed E-state index contributed by atoms with van der Waals surface area (Å²) >= 11 is 0. The topological polar surface area (TPSA) is 104 Å². The van der Waals surface area contributed by atoms with Gasteiger partial charge in [-0.1, -0.05) is 0 Å². The summed E-state index contributed by atoms with van der Waals surface area (Å²) in [5.41, 5.74) is 2.53. The van der Waals surface area contributed by atoms with E-state index in [1.807, 2.05) is 12.1 Å². The molecule has 1 aliphatic heterocycles. The average molecular weight is 402 g/mol. The number of H-pyrrole nitrogens is 1. The monoisotopic (exact) mass is 402 g/mol. The van der Waals surface area contributed by atoms with Crippen LogP contribution in [-0.2, 0) is 17.1 Å². The van der Waals surface area contributed by atoms with Gasteiger partial charge in [0, 0.05) is 38.9 Å². The third-order valence-corrected chi connectivity index (χ3v) is 7.33. The summed E-state index contributed by atoms with van der Waals surface area (Å²) in [6, 6.07) is 5.55. The molecule has 1 N–H and O–H groups in total. The molecule has 0 aliphatic carbocycles. The summed E-state index contributed by atoms with van der Waals surface area (Å²) < 4.78 is 28.9. The first-order valence-corrected chi connectivity index (χ1v) is 10.4. The van der Waals surface area contributed by atoms with E-state index < -0.39 is 10.0 Å². The molecule has 3 aromatic rings. The number of rotatable bonds is 3. The number of piperazine rings is 1. The van der Waals surface area contributed by atoms with Gasteiger partial charge in [0.25, 0.3) is 5.56 Å². The fourth-order valence-electron chi connectivity index (χ4n) is 3.63. The zero-order chi connectivity index (χ0) is 20.1. The van der Waals surface area contributed by atoms with Crippen molar-refractivity contribution in [3.63, 3.8) is 0 Å². The third-order valence-electron chi connectivity index (χ3n) is 5.16. The van der Waals surface area contributed by atoms with Crippen LogP contribution in [0.3, 0.4) is 0 Å². The van der Waals surface area contributed by atoms with Crippen LogP contribution < -0.4 is 10.5 Å². The lowest BCUT2D eigenvalue weighted by Crippen LogP contribution is -2.48. The average Bonchev–Trinajstić information content (AvgIpc) is 3.03. The zero-order valence-corrected chi connectivity index (χ0v) is 16.8. The number of sulfonamides is 1. The highest BCUT2D eigenvalue weighted by molar-refractivity contribution is 7.89. The molecule has 0 radical (unpaired) electrons. The standard InChI is InChI=1S/C18H22N6O3S/c1-12-17(13(2)21-20-12)28(26,27)24-8-6-23(7-9-24)14-4-5-15-16(10-14)19-11-22(3)18(15)25/h4-5,10-11H,6-9H2,1-3H3,(H,20,21). The molecule has 0 atom stereocenters. The molecular weight excluding hydrogens is 380 g/mol. The van der Waals surface area contributed by atoms with E-state index in [9.17, 15) is 13.2 Å². The van der Waals surface area contributed by atoms with E-state index in [4.69, 9.17) is 0 Å². The predicted octanol–water partition coefficient (Wildman–Crippen LogP) is 0.784. The Morgan fingerprint density at radius 1 is 1.11 bits per heavy atom. The first kappa shape index (κ1) is 18.6. The van der Waals surface area contributed by atoms with Crippen LogP contribution in [0.1, 0.15) is 11.4 Å². The molecule has 10 heteroatoms. The van der Waals surface area contributed by atoms with Gasteiger partial charge in [0.15, 0.2) is 0 Å². The van der Waals surface area contributed by atoms with Crippen molar-refractivity contribution in [2.75, 3.05) is 31.1 Å². The Balaban J connectivity index is 1.55. The molecular formula is C18H22N6O3S. The van der Waals surface area contributed by atoms with Crippen molar-refractivity contribution in [3.8, 4) is 0 Å². The van der Waals surface area contributed by atoms with Crippen molar-refractivity contribution in [2.45, 2.75) is 18.7 Å². The van der Waals surface area contributed by atoms with Crippen molar-refractivity contribution in [1.82, 2.24) is 24.1 Å². The Bertz CT molecular complexity index is 1190. The quantitative estimate of drug-likeness (QED) is 0.694. The van der Waals surface area contributed by atoms with E-state index in [1.165, 1.54) is 15.2 Å². The molecule has 0 spiro atoms. The van der Waals surface area contributed by atoms with Crippen molar-refractivity contribution >= 4 is 26.6 Å². The number of hydrogen-bond donors (Lipinski definition) is 1. The largest absolute Gasteiger partial charge is 0.369 e. The first-order chi connectivity index (χ1) is 13.3. The molecule has 1 aliphatic rings. The Labute approximate surface area is 162 Å². The fourth-order valence-corrected chi connectivity index (χ4v) is 5.39. The molecule has 9 nitrogen and oxygen atoms in total. The minimum atomic E-state index is -3.57. The van der Waals surface area contributed by atoms with Gasteiger partial charge in [-0.15, -0.1) is 0 Å². The SMILES string of the molecule is Cc1n[nH]c(C)c1S(=O)(=O)N1CCN(c2ccc3c(=O)n(C)cnc3c2)CC1. The normalized spacial score (nSPS) is 16.0. The summed E-state index contributed by atoms with van der Waals surface area (Å²) in [5, 5.41) is 7.32. The van der Waals surface area contributed by atoms with E-state index in [2.05, 4.69) is 20.1 Å². The van der Waals surface area contributed by atoms with Crippen molar-refractivity contribution < 1.29 is 8.42 Å². The predicted molar refractivity (Wildman–Crippen MR) is 106 cm³/mol. The number of benzene rings is 1. The Morgan fingerprint density at radius 2 is 1.82 bits per heavy atom. The van der Waals surface area contributed by atoms with Gasteiger partial charge >= 0.3 is 0 Å². The lowest BCUT2D eigenvalue weighted by atomic mass is 10.2. The van der Waals surface area contributed by atoms with Gasteiger partial charge in [-0.2, -0.15) is 9.40 Å². The molecule has 0 amide bonds. The van der Waals surface area contributed by atoms with E-state index in [-0.39, 0.29) is 10.5 Å². The highest BCUT2D eigenvalue weighted by Gasteiger charge is 2.32. The van der Waals surface area contributed by atoms with Gasteiger partial charge < -0.3 is 9.47 Å². The first-order valence-electron chi connectivity index (χ1n) is 9.01. The van der Waals surface area contributed by atoms with Gasteiger partial charge in [0.05, 0.1) is 28.6 Å². The summed E-state index contributed by atoms with van der Waals surface area (Å²) in [4.78, 5) is 18.9. The van der Waals surface area contributed by atoms with Crippen molar-refractivity contribution in [1.29, 1.82) is 0 Å². The fraction of sp³-hybridized carbons (Fsp3) is 0.389. The van der Waals surface area contributed by atoms with Gasteiger partial charge in [-0.05, 0) is 32.0 Å². The van der Waals surface area contributed by atoms with Gasteiger partial charge in [0.1, 0.15) is 4.90 Å². The lowest BCUT2D eigenvalue weighted by molar-refractivity contribution is 0.384. The summed E-state index contributed by atoms with van der Waals surface area (Å²) in [6.07, 6.45) is 1.51. The molecule has 0 unspecified atom stereocenters. The molecule has 1 saturated heterocycles. The lowest BCUT2D eigenvalue weighted by Gasteiger charge is -2.35. The number of nitrogens with zero attached hydrogens (tertiary/aromatic N) is 5. The van der Waals surface area contributed by atoms with Crippen LogP contribution in [0, 0.1) is 13.8 Å². The second kappa shape index (κ2) is 6.71. The van der Waals surface area contributed by atoms with Gasteiger partial charge in [-0.3, -0.25) is 9.89 Å². The number of aromatic nitrogens is 4.